The molecule has 1 heterocycles. The van der Waals surface area contributed by atoms with Crippen LogP contribution in [-0.2, 0) is 24.9 Å². The van der Waals surface area contributed by atoms with Crippen LogP contribution in [0.25, 0.3) is 21.5 Å². The number of carbonyl (C=O) groups excluding carboxylic acids is 1. The maximum absolute atomic E-state index is 11.8. The van der Waals surface area contributed by atoms with E-state index in [1.807, 2.05) is 84.0 Å². The van der Waals surface area contributed by atoms with E-state index in [0.717, 1.165) is 23.6 Å². The number of aliphatic hydroxyl groups is 1. The van der Waals surface area contributed by atoms with Gasteiger partial charge in [-0.2, -0.15) is 18.2 Å². The SMILES string of the molecule is CCC(C)(C)C(=O)/C=C(\O)C(C)(C)CC.[Ir].[c-]1ccccc1Oc1nccc2cc3ccccc3cc12. The van der Waals surface area contributed by atoms with E-state index >= 15 is 0 Å². The number of allylic oxidation sites excluding steroid dienone is 2. The molecule has 4 aromatic rings. The zero-order valence-corrected chi connectivity index (χ0v) is 24.9. The summed E-state index contributed by atoms with van der Waals surface area (Å²) >= 11 is 0. The van der Waals surface area contributed by atoms with Gasteiger partial charge in [0.1, 0.15) is 5.76 Å². The van der Waals surface area contributed by atoms with Gasteiger partial charge in [-0.3, -0.25) is 4.79 Å². The van der Waals surface area contributed by atoms with Crippen LogP contribution in [0.1, 0.15) is 54.4 Å². The Morgan fingerprint density at radius 2 is 1.54 bits per heavy atom. The molecule has 0 aliphatic rings. The van der Waals surface area contributed by atoms with Crippen molar-refractivity contribution in [2.45, 2.75) is 54.4 Å². The third-order valence-electron chi connectivity index (χ3n) is 6.88. The van der Waals surface area contributed by atoms with Crippen molar-refractivity contribution in [1.29, 1.82) is 0 Å². The van der Waals surface area contributed by atoms with Gasteiger partial charge in [-0.1, -0.05) is 65.8 Å². The van der Waals surface area contributed by atoms with Crippen LogP contribution in [0, 0.1) is 16.9 Å². The van der Waals surface area contributed by atoms with Crippen LogP contribution in [0.4, 0.5) is 0 Å². The summed E-state index contributed by atoms with van der Waals surface area (Å²) < 4.78 is 5.87. The minimum Gasteiger partial charge on any atom is -0.512 e. The molecule has 0 aliphatic carbocycles. The molecule has 0 atom stereocenters. The van der Waals surface area contributed by atoms with Gasteiger partial charge < -0.3 is 9.84 Å². The van der Waals surface area contributed by atoms with Crippen LogP contribution >= 0.6 is 0 Å². The molecule has 1 radical (unpaired) electrons. The Morgan fingerprint density at radius 1 is 0.919 bits per heavy atom. The summed E-state index contributed by atoms with van der Waals surface area (Å²) in [6.07, 6.45) is 4.76. The van der Waals surface area contributed by atoms with Crippen molar-refractivity contribution in [3.8, 4) is 11.6 Å². The molecule has 0 amide bonds. The molecule has 0 saturated heterocycles. The summed E-state index contributed by atoms with van der Waals surface area (Å²) in [5, 5.41) is 14.4. The minimum absolute atomic E-state index is 0. The molecule has 1 N–H and O–H groups in total. The summed E-state index contributed by atoms with van der Waals surface area (Å²) in [4.78, 5) is 16.2. The Bertz CT molecular complexity index is 1360. The fourth-order valence-corrected chi connectivity index (χ4v) is 3.33. The molecule has 0 spiro atoms. The maximum Gasteiger partial charge on any atom is 0.224 e. The van der Waals surface area contributed by atoms with E-state index in [0.29, 0.717) is 11.6 Å². The molecule has 1 aromatic heterocycles. The van der Waals surface area contributed by atoms with E-state index in [1.54, 1.807) is 6.20 Å². The van der Waals surface area contributed by atoms with Crippen LogP contribution in [0.15, 0.2) is 84.8 Å². The Balaban J connectivity index is 0.000000271. The first-order valence-corrected chi connectivity index (χ1v) is 12.4. The zero-order chi connectivity index (χ0) is 26.3. The summed E-state index contributed by atoms with van der Waals surface area (Å²) in [5.74, 6) is 1.48. The van der Waals surface area contributed by atoms with Crippen LogP contribution in [0.2, 0.25) is 0 Å². The topological polar surface area (TPSA) is 59.4 Å². The molecule has 0 aliphatic heterocycles. The number of para-hydroxylation sites is 1. The number of rotatable bonds is 7. The monoisotopic (exact) mass is 675 g/mol. The standard InChI is InChI=1S/C19H12NO.C13H24O2.Ir/c1-2-8-17(9-3-1)21-19-18-13-15-7-5-4-6-14(15)12-16(18)10-11-20-19;1-7-12(3,4)10(14)9-11(15)13(5,6)8-2;/h1-8,10-13H;9,14H,7-8H2,1-6H3;/q-1;;/b;10-9-;. The predicted molar refractivity (Wildman–Crippen MR) is 148 cm³/mol. The van der Waals surface area contributed by atoms with Crippen molar-refractivity contribution in [1.82, 2.24) is 4.98 Å². The molecule has 5 heteroatoms. The van der Waals surface area contributed by atoms with E-state index < -0.39 is 0 Å². The second-order valence-corrected chi connectivity index (χ2v) is 10.2. The van der Waals surface area contributed by atoms with E-state index in [9.17, 15) is 9.90 Å². The summed E-state index contributed by atoms with van der Waals surface area (Å²) in [5.41, 5.74) is -0.683. The van der Waals surface area contributed by atoms with Gasteiger partial charge in [0, 0.05) is 54.3 Å². The van der Waals surface area contributed by atoms with E-state index in [4.69, 9.17) is 4.74 Å². The number of nitrogens with zero attached hydrogens (tertiary/aromatic N) is 1. The van der Waals surface area contributed by atoms with Crippen LogP contribution in [-0.4, -0.2) is 15.9 Å². The Hall–Kier alpha value is -3.01. The molecule has 4 nitrogen and oxygen atoms in total. The third kappa shape index (κ3) is 7.74. The summed E-state index contributed by atoms with van der Waals surface area (Å²) in [6, 6.07) is 25.2. The number of ether oxygens (including phenoxy) is 1. The molecule has 0 saturated carbocycles. The number of aromatic nitrogens is 1. The van der Waals surface area contributed by atoms with Gasteiger partial charge in [-0.25, -0.2) is 4.98 Å². The van der Waals surface area contributed by atoms with Gasteiger partial charge in [-0.05, 0) is 47.2 Å². The molecular formula is C32H36IrNO3-. The fraction of sp³-hybridized carbons (Fsp3) is 0.312. The number of hydrogen-bond donors (Lipinski definition) is 1. The number of aliphatic hydroxyl groups excluding tert-OH is 1. The fourth-order valence-electron chi connectivity index (χ4n) is 3.33. The molecule has 0 unspecified atom stereocenters. The first-order valence-electron chi connectivity index (χ1n) is 12.4. The van der Waals surface area contributed by atoms with E-state index in [1.165, 1.54) is 16.8 Å². The molecule has 3 aromatic carbocycles. The first-order chi connectivity index (χ1) is 17.1. The summed E-state index contributed by atoms with van der Waals surface area (Å²) in [7, 11) is 0. The van der Waals surface area contributed by atoms with Crippen molar-refractivity contribution in [2.75, 3.05) is 0 Å². The number of fused-ring (bicyclic) bond motifs is 2. The molecule has 0 bridgehead atoms. The number of carbonyl (C=O) groups is 1. The molecular weight excluding hydrogens is 639 g/mol. The number of hydrogen-bond acceptors (Lipinski definition) is 4. The van der Waals surface area contributed by atoms with Gasteiger partial charge in [0.2, 0.25) is 5.88 Å². The Kier molecular flexibility index (Phi) is 10.6. The average Bonchev–Trinajstić information content (AvgIpc) is 2.88. The van der Waals surface area contributed by atoms with Crippen LogP contribution in [0.5, 0.6) is 11.6 Å². The van der Waals surface area contributed by atoms with Gasteiger partial charge in [0.15, 0.2) is 5.78 Å². The van der Waals surface area contributed by atoms with Gasteiger partial charge in [0.25, 0.3) is 0 Å². The predicted octanol–water partition coefficient (Wildman–Crippen LogP) is 8.85. The van der Waals surface area contributed by atoms with Crippen molar-refractivity contribution in [3.63, 3.8) is 0 Å². The Morgan fingerprint density at radius 3 is 2.14 bits per heavy atom. The molecule has 4 rings (SSSR count). The second-order valence-electron chi connectivity index (χ2n) is 10.2. The largest absolute Gasteiger partial charge is 0.512 e. The van der Waals surface area contributed by atoms with Gasteiger partial charge in [-0.15, -0.1) is 12.1 Å². The normalized spacial score (nSPS) is 11.9. The summed E-state index contributed by atoms with van der Waals surface area (Å²) in [6.45, 7) is 11.7. The quantitative estimate of drug-likeness (QED) is 0.0921. The average molecular weight is 675 g/mol. The third-order valence-corrected chi connectivity index (χ3v) is 6.88. The maximum atomic E-state index is 11.8. The number of ketones is 1. The number of benzene rings is 3. The second kappa shape index (κ2) is 13.0. The molecule has 0 fully saturated rings. The van der Waals surface area contributed by atoms with Crippen molar-refractivity contribution in [3.05, 3.63) is 90.8 Å². The van der Waals surface area contributed by atoms with Crippen LogP contribution < -0.4 is 4.74 Å². The van der Waals surface area contributed by atoms with Crippen molar-refractivity contribution in [2.24, 2.45) is 10.8 Å². The number of pyridine rings is 1. The van der Waals surface area contributed by atoms with Crippen LogP contribution in [0.3, 0.4) is 0 Å². The smallest absolute Gasteiger partial charge is 0.224 e. The van der Waals surface area contributed by atoms with Crippen molar-refractivity contribution >= 4 is 27.3 Å². The Labute approximate surface area is 234 Å². The van der Waals surface area contributed by atoms with E-state index in [2.05, 4.69) is 35.3 Å². The first kappa shape index (κ1) is 30.2. The van der Waals surface area contributed by atoms with Gasteiger partial charge in [0.05, 0.1) is 0 Å². The zero-order valence-electron chi connectivity index (χ0n) is 22.5. The molecule has 37 heavy (non-hydrogen) atoms. The minimum atomic E-state index is -0.377. The van der Waals surface area contributed by atoms with Crippen molar-refractivity contribution < 1.29 is 34.7 Å². The van der Waals surface area contributed by atoms with Gasteiger partial charge >= 0.3 is 0 Å². The van der Waals surface area contributed by atoms with E-state index in [-0.39, 0.29) is 42.5 Å². The molecule has 197 valence electrons.